The summed E-state index contributed by atoms with van der Waals surface area (Å²) in [5, 5.41) is 12.8. The highest BCUT2D eigenvalue weighted by Gasteiger charge is 2.24. The lowest BCUT2D eigenvalue weighted by Crippen LogP contribution is -2.38. The van der Waals surface area contributed by atoms with Crippen LogP contribution in [-0.2, 0) is 0 Å². The van der Waals surface area contributed by atoms with Gasteiger partial charge < -0.3 is 11.1 Å². The summed E-state index contributed by atoms with van der Waals surface area (Å²) in [5.41, 5.74) is 3.45. The van der Waals surface area contributed by atoms with Gasteiger partial charge in [0, 0.05) is 12.6 Å². The van der Waals surface area contributed by atoms with E-state index in [1.54, 1.807) is 6.92 Å². The van der Waals surface area contributed by atoms with E-state index in [1.165, 1.54) is 0 Å². The fourth-order valence-corrected chi connectivity index (χ4v) is 1.23. The number of nitro groups is 1. The van der Waals surface area contributed by atoms with E-state index in [0.717, 1.165) is 0 Å². The number of nitrogens with two attached hydrogens (primary N) is 1. The van der Waals surface area contributed by atoms with Crippen molar-refractivity contribution < 1.29 is 18.5 Å². The van der Waals surface area contributed by atoms with Gasteiger partial charge in [-0.15, -0.1) is 0 Å². The molecule has 0 aliphatic rings. The van der Waals surface area contributed by atoms with Gasteiger partial charge in [-0.2, -0.15) is 4.39 Å². The first-order valence-corrected chi connectivity index (χ1v) is 5.01. The van der Waals surface area contributed by atoms with Crippen molar-refractivity contribution in [2.75, 3.05) is 6.54 Å². The van der Waals surface area contributed by atoms with Crippen molar-refractivity contribution in [3.8, 4) is 0 Å². The van der Waals surface area contributed by atoms with Gasteiger partial charge in [0.1, 0.15) is 5.82 Å². The molecule has 0 heterocycles. The monoisotopic (exact) mass is 259 g/mol. The lowest BCUT2D eigenvalue weighted by Gasteiger charge is -2.11. The van der Waals surface area contributed by atoms with Crippen LogP contribution in [0.15, 0.2) is 12.1 Å². The van der Waals surface area contributed by atoms with Crippen LogP contribution in [0.4, 0.5) is 14.5 Å². The summed E-state index contributed by atoms with van der Waals surface area (Å²) in [6, 6.07) is 0.554. The van der Waals surface area contributed by atoms with Gasteiger partial charge in [0.15, 0.2) is 0 Å². The second kappa shape index (κ2) is 5.50. The Kier molecular flexibility index (Phi) is 4.27. The van der Waals surface area contributed by atoms with Gasteiger partial charge in [0.25, 0.3) is 5.91 Å². The minimum atomic E-state index is -1.37. The second-order valence-electron chi connectivity index (χ2n) is 3.65. The first-order valence-electron chi connectivity index (χ1n) is 5.01. The average molecular weight is 259 g/mol. The van der Waals surface area contributed by atoms with Gasteiger partial charge in [0.05, 0.1) is 16.6 Å². The van der Waals surface area contributed by atoms with Crippen LogP contribution in [0.25, 0.3) is 0 Å². The number of nitrogens with zero attached hydrogens (tertiary/aromatic N) is 1. The summed E-state index contributed by atoms with van der Waals surface area (Å²) in [5.74, 6) is -3.38. The lowest BCUT2D eigenvalue weighted by atomic mass is 10.1. The summed E-state index contributed by atoms with van der Waals surface area (Å²) in [4.78, 5) is 20.9. The van der Waals surface area contributed by atoms with Gasteiger partial charge in [-0.1, -0.05) is 0 Å². The van der Waals surface area contributed by atoms with Crippen LogP contribution >= 0.6 is 0 Å². The van der Waals surface area contributed by atoms with Crippen LogP contribution in [0.3, 0.4) is 0 Å². The van der Waals surface area contributed by atoms with Crippen LogP contribution in [0, 0.1) is 21.7 Å². The molecule has 0 saturated carbocycles. The van der Waals surface area contributed by atoms with E-state index >= 15 is 0 Å². The molecule has 8 heteroatoms. The second-order valence-corrected chi connectivity index (χ2v) is 3.65. The van der Waals surface area contributed by atoms with Crippen LogP contribution in [0.1, 0.15) is 17.3 Å². The quantitative estimate of drug-likeness (QED) is 0.621. The van der Waals surface area contributed by atoms with Gasteiger partial charge in [-0.3, -0.25) is 14.9 Å². The first-order chi connectivity index (χ1) is 8.36. The molecule has 6 nitrogen and oxygen atoms in total. The van der Waals surface area contributed by atoms with E-state index in [1.807, 2.05) is 0 Å². The van der Waals surface area contributed by atoms with E-state index in [2.05, 4.69) is 5.32 Å². The van der Waals surface area contributed by atoms with E-state index < -0.39 is 39.8 Å². The molecule has 0 bridgehead atoms. The zero-order valence-electron chi connectivity index (χ0n) is 9.44. The number of nitro benzene ring substituents is 1. The summed E-state index contributed by atoms with van der Waals surface area (Å²) in [6.07, 6.45) is 0. The summed E-state index contributed by atoms with van der Waals surface area (Å²) in [6.45, 7) is 1.66. The molecule has 1 atom stereocenters. The molecular weight excluding hydrogens is 248 g/mol. The van der Waals surface area contributed by atoms with Gasteiger partial charge in [-0.05, 0) is 13.0 Å². The third-order valence-electron chi connectivity index (χ3n) is 2.19. The van der Waals surface area contributed by atoms with Crippen molar-refractivity contribution in [2.24, 2.45) is 5.73 Å². The topological polar surface area (TPSA) is 98.3 Å². The zero-order valence-corrected chi connectivity index (χ0v) is 9.44. The maximum atomic E-state index is 13.6. The van der Waals surface area contributed by atoms with E-state index in [4.69, 9.17) is 5.73 Å². The predicted octanol–water partition coefficient (Wildman–Crippen LogP) is 0.950. The summed E-state index contributed by atoms with van der Waals surface area (Å²) in [7, 11) is 0. The zero-order chi connectivity index (χ0) is 13.9. The van der Waals surface area contributed by atoms with Gasteiger partial charge >= 0.3 is 5.69 Å². The highest BCUT2D eigenvalue weighted by Crippen LogP contribution is 2.22. The third kappa shape index (κ3) is 2.98. The van der Waals surface area contributed by atoms with Crippen molar-refractivity contribution in [3.63, 3.8) is 0 Å². The Morgan fingerprint density at radius 1 is 1.56 bits per heavy atom. The molecule has 1 rings (SSSR count). The highest BCUT2D eigenvalue weighted by molar-refractivity contribution is 5.95. The predicted molar refractivity (Wildman–Crippen MR) is 59.0 cm³/mol. The molecule has 0 aliphatic heterocycles. The SMILES string of the molecule is C[C@H](CN)NC(=O)c1cc(F)cc([N+](=O)[O-])c1F. The molecule has 0 radical (unpaired) electrons. The van der Waals surface area contributed by atoms with Crippen molar-refractivity contribution in [2.45, 2.75) is 13.0 Å². The summed E-state index contributed by atoms with van der Waals surface area (Å²) < 4.78 is 26.7. The maximum absolute atomic E-state index is 13.6. The van der Waals surface area contributed by atoms with E-state index in [-0.39, 0.29) is 6.54 Å². The molecule has 98 valence electrons. The third-order valence-corrected chi connectivity index (χ3v) is 2.19. The highest BCUT2D eigenvalue weighted by atomic mass is 19.1. The molecule has 0 spiro atoms. The fraction of sp³-hybridized carbons (Fsp3) is 0.300. The van der Waals surface area contributed by atoms with Crippen molar-refractivity contribution in [1.29, 1.82) is 0 Å². The van der Waals surface area contributed by atoms with E-state index in [9.17, 15) is 23.7 Å². The van der Waals surface area contributed by atoms with Crippen LogP contribution < -0.4 is 11.1 Å². The van der Waals surface area contributed by atoms with E-state index in [0.29, 0.717) is 12.1 Å². The van der Waals surface area contributed by atoms with Crippen molar-refractivity contribution in [3.05, 3.63) is 39.4 Å². The minimum absolute atomic E-state index is 0.102. The van der Waals surface area contributed by atoms with Crippen LogP contribution in [0.2, 0.25) is 0 Å². The number of benzene rings is 1. The smallest absolute Gasteiger partial charge is 0.308 e. The molecule has 1 amide bonds. The Bertz CT molecular complexity index is 494. The molecule has 0 saturated heterocycles. The normalized spacial score (nSPS) is 12.0. The standard InChI is InChI=1S/C10H11F2N3O3/c1-5(4-13)14-10(16)7-2-6(11)3-8(9(7)12)15(17)18/h2-3,5H,4,13H2,1H3,(H,14,16)/t5-/m1/s1. The van der Waals surface area contributed by atoms with Crippen LogP contribution in [0.5, 0.6) is 0 Å². The molecule has 1 aromatic rings. The van der Waals surface area contributed by atoms with Gasteiger partial charge in [-0.25, -0.2) is 4.39 Å². The fourth-order valence-electron chi connectivity index (χ4n) is 1.23. The number of nitrogens with one attached hydrogen (secondary N) is 1. The number of hydrogen-bond donors (Lipinski definition) is 2. The van der Waals surface area contributed by atoms with Crippen molar-refractivity contribution >= 4 is 11.6 Å². The molecule has 0 fully saturated rings. The molecule has 0 aromatic heterocycles. The number of halogens is 2. The minimum Gasteiger partial charge on any atom is -0.348 e. The Balaban J connectivity index is 3.16. The Labute approximate surface area is 101 Å². The van der Waals surface area contributed by atoms with Gasteiger partial charge in [0.2, 0.25) is 5.82 Å². The molecule has 0 aliphatic carbocycles. The maximum Gasteiger partial charge on any atom is 0.308 e. The molecule has 1 aromatic carbocycles. The largest absolute Gasteiger partial charge is 0.348 e. The van der Waals surface area contributed by atoms with Crippen molar-refractivity contribution in [1.82, 2.24) is 5.32 Å². The molecule has 0 unspecified atom stereocenters. The molecule has 18 heavy (non-hydrogen) atoms. The number of carbonyl (C=O) groups excluding carboxylic acids is 1. The first kappa shape index (κ1) is 14.0. The Hall–Kier alpha value is -2.09. The Morgan fingerprint density at radius 2 is 2.17 bits per heavy atom. The number of hydrogen-bond acceptors (Lipinski definition) is 4. The molecular formula is C10H11F2N3O3. The lowest BCUT2D eigenvalue weighted by molar-refractivity contribution is -0.387. The Morgan fingerprint density at radius 3 is 2.67 bits per heavy atom. The van der Waals surface area contributed by atoms with Crippen LogP contribution in [-0.4, -0.2) is 23.4 Å². The molecule has 3 N–H and O–H groups in total. The summed E-state index contributed by atoms with van der Waals surface area (Å²) >= 11 is 0. The average Bonchev–Trinajstić information content (AvgIpc) is 2.30. The number of amides is 1. The number of carbonyl (C=O) groups is 1. The number of rotatable bonds is 4.